The maximum Gasteiger partial charge on any atom is 0.290 e. The fourth-order valence-corrected chi connectivity index (χ4v) is 6.30. The predicted octanol–water partition coefficient (Wildman–Crippen LogP) is 5.44. The summed E-state index contributed by atoms with van der Waals surface area (Å²) in [5, 5.41) is 12.7. The van der Waals surface area contributed by atoms with Crippen LogP contribution in [0.2, 0.25) is 0 Å². The second-order valence-electron chi connectivity index (χ2n) is 10.8. The van der Waals surface area contributed by atoms with Crippen molar-refractivity contribution >= 4 is 29.0 Å². The smallest absolute Gasteiger partial charge is 0.290 e. The lowest BCUT2D eigenvalue weighted by molar-refractivity contribution is -0.115. The summed E-state index contributed by atoms with van der Waals surface area (Å²) in [5.41, 5.74) is 4.44. The van der Waals surface area contributed by atoms with Crippen LogP contribution < -0.4 is 14.8 Å². The van der Waals surface area contributed by atoms with Crippen molar-refractivity contribution in [3.63, 3.8) is 0 Å². The van der Waals surface area contributed by atoms with E-state index in [2.05, 4.69) is 24.1 Å². The average molecular weight is 523 g/mol. The van der Waals surface area contributed by atoms with Crippen LogP contribution in [0, 0.1) is 20.8 Å². The summed E-state index contributed by atoms with van der Waals surface area (Å²) >= 11 is 0.915. The van der Waals surface area contributed by atoms with Crippen LogP contribution in [0.1, 0.15) is 60.4 Å². The summed E-state index contributed by atoms with van der Waals surface area (Å²) in [5.74, 6) is 1.89. The van der Waals surface area contributed by atoms with E-state index in [9.17, 15) is 14.7 Å². The Kier molecular flexibility index (Phi) is 6.75. The van der Waals surface area contributed by atoms with Crippen molar-refractivity contribution in [3.05, 3.63) is 57.0 Å². The minimum Gasteiger partial charge on any atom is -0.507 e. The highest BCUT2D eigenvalue weighted by atomic mass is 32.2. The Labute approximate surface area is 222 Å². The zero-order chi connectivity index (χ0) is 26.5. The zero-order valence-electron chi connectivity index (χ0n) is 22.0. The lowest BCUT2D eigenvalue weighted by Gasteiger charge is -2.37. The molecule has 2 aromatic carbocycles. The number of phenolic OH excluding ortho intramolecular Hbond substituents is 1. The van der Waals surface area contributed by atoms with Gasteiger partial charge in [-0.05, 0) is 106 Å². The highest BCUT2D eigenvalue weighted by Gasteiger charge is 2.45. The van der Waals surface area contributed by atoms with Crippen LogP contribution in [0.5, 0.6) is 17.2 Å². The first-order valence-electron chi connectivity index (χ1n) is 12.8. The summed E-state index contributed by atoms with van der Waals surface area (Å²) in [6, 6.07) is 7.61. The molecule has 0 saturated carbocycles. The Morgan fingerprint density at radius 3 is 2.57 bits per heavy atom. The van der Waals surface area contributed by atoms with Gasteiger partial charge in [0.15, 0.2) is 0 Å². The Hall–Kier alpha value is -2.97. The lowest BCUT2D eigenvalue weighted by atomic mass is 9.82. The Bertz CT molecular complexity index is 1280. The average Bonchev–Trinajstić information content (AvgIpc) is 3.31. The van der Waals surface area contributed by atoms with Gasteiger partial charge in [-0.2, -0.15) is 0 Å². The maximum absolute atomic E-state index is 11.8. The van der Waals surface area contributed by atoms with E-state index < -0.39 is 0 Å². The molecule has 3 aliphatic rings. The Balaban J connectivity index is 1.26. The molecule has 1 unspecified atom stereocenters. The number of piperidine rings is 1. The molecule has 0 radical (unpaired) electrons. The second kappa shape index (κ2) is 9.72. The quantitative estimate of drug-likeness (QED) is 0.506. The topological polar surface area (TPSA) is 88.1 Å². The van der Waals surface area contributed by atoms with Crippen molar-refractivity contribution in [1.82, 2.24) is 10.2 Å². The third-order valence-corrected chi connectivity index (χ3v) is 8.65. The number of aromatic hydroxyl groups is 1. The van der Waals surface area contributed by atoms with Crippen molar-refractivity contribution in [2.75, 3.05) is 19.6 Å². The van der Waals surface area contributed by atoms with E-state index in [1.54, 1.807) is 6.08 Å². The molecule has 0 bridgehead atoms. The van der Waals surface area contributed by atoms with E-state index in [1.807, 2.05) is 45.0 Å². The largest absolute Gasteiger partial charge is 0.507 e. The number of imide groups is 1. The molecule has 2 N–H and O–H groups in total. The van der Waals surface area contributed by atoms with Gasteiger partial charge in [0.1, 0.15) is 29.0 Å². The van der Waals surface area contributed by atoms with E-state index >= 15 is 0 Å². The van der Waals surface area contributed by atoms with E-state index in [0.29, 0.717) is 10.7 Å². The monoisotopic (exact) mass is 522 g/mol. The van der Waals surface area contributed by atoms with Crippen molar-refractivity contribution in [3.8, 4) is 17.2 Å². The predicted molar refractivity (Wildman–Crippen MR) is 145 cm³/mol. The van der Waals surface area contributed by atoms with Gasteiger partial charge in [-0.1, -0.05) is 12.1 Å². The minimum atomic E-state index is -0.366. The van der Waals surface area contributed by atoms with Gasteiger partial charge >= 0.3 is 0 Å². The zero-order valence-corrected chi connectivity index (χ0v) is 22.8. The molecule has 196 valence electrons. The number of thioether (sulfide) groups is 1. The molecule has 3 heterocycles. The number of likely N-dealkylation sites (tertiary alicyclic amines) is 1. The van der Waals surface area contributed by atoms with Gasteiger partial charge in [-0.15, -0.1) is 0 Å². The molecule has 2 saturated heterocycles. The third-order valence-electron chi connectivity index (χ3n) is 7.84. The first kappa shape index (κ1) is 25.7. The van der Waals surface area contributed by atoms with Crippen LogP contribution >= 0.6 is 11.8 Å². The van der Waals surface area contributed by atoms with Gasteiger partial charge in [-0.3, -0.25) is 19.8 Å². The molecule has 5 rings (SSSR count). The number of rotatable bonds is 5. The molecule has 2 atom stereocenters. The number of fused-ring (bicyclic) bond motifs is 1. The SMILES string of the molecule is Cc1c(C)c2c(c(C)c1O)C(CN1CCC[C@@H](Oc3ccc(/C=C4\SC(=O)NC4=O)cc3)C1)C(C)(C)O2. The van der Waals surface area contributed by atoms with E-state index in [0.717, 1.165) is 83.6 Å². The number of hydrogen-bond acceptors (Lipinski definition) is 7. The van der Waals surface area contributed by atoms with Gasteiger partial charge in [0.05, 0.1) is 4.91 Å². The molecule has 7 nitrogen and oxygen atoms in total. The summed E-state index contributed by atoms with van der Waals surface area (Å²) < 4.78 is 12.8. The lowest BCUT2D eigenvalue weighted by Crippen LogP contribution is -2.46. The minimum absolute atomic E-state index is 0.0749. The second-order valence-corrected chi connectivity index (χ2v) is 11.8. The van der Waals surface area contributed by atoms with E-state index in [-0.39, 0.29) is 28.8 Å². The molecular weight excluding hydrogens is 488 g/mol. The number of nitrogens with zero attached hydrogens (tertiary/aromatic N) is 1. The van der Waals surface area contributed by atoms with E-state index in [1.165, 1.54) is 0 Å². The van der Waals surface area contributed by atoms with Gasteiger partial charge < -0.3 is 14.6 Å². The molecule has 8 heteroatoms. The number of carbonyl (C=O) groups is 2. The van der Waals surface area contributed by atoms with Crippen molar-refractivity contribution in [1.29, 1.82) is 0 Å². The fourth-order valence-electron chi connectivity index (χ4n) is 5.61. The van der Waals surface area contributed by atoms with Gasteiger partial charge in [0, 0.05) is 24.6 Å². The van der Waals surface area contributed by atoms with Crippen molar-refractivity contribution < 1.29 is 24.2 Å². The molecule has 37 heavy (non-hydrogen) atoms. The number of carbonyl (C=O) groups excluding carboxylic acids is 2. The van der Waals surface area contributed by atoms with Crippen LogP contribution in [0.25, 0.3) is 6.08 Å². The first-order chi connectivity index (χ1) is 17.5. The molecule has 2 fully saturated rings. The molecule has 2 aromatic rings. The van der Waals surface area contributed by atoms with Crippen LogP contribution in [-0.2, 0) is 4.79 Å². The molecule has 0 aromatic heterocycles. The van der Waals surface area contributed by atoms with Gasteiger partial charge in [0.25, 0.3) is 11.1 Å². The van der Waals surface area contributed by atoms with Gasteiger partial charge in [-0.25, -0.2) is 0 Å². The molecular formula is C29H34N2O5S. The highest BCUT2D eigenvalue weighted by molar-refractivity contribution is 8.18. The number of hydrogen-bond donors (Lipinski definition) is 2. The third kappa shape index (κ3) is 4.97. The summed E-state index contributed by atoms with van der Waals surface area (Å²) in [7, 11) is 0. The molecule has 0 aliphatic carbocycles. The number of benzene rings is 2. The van der Waals surface area contributed by atoms with Crippen molar-refractivity contribution in [2.24, 2.45) is 0 Å². The Morgan fingerprint density at radius 1 is 1.16 bits per heavy atom. The number of nitrogens with one attached hydrogen (secondary N) is 1. The van der Waals surface area contributed by atoms with Crippen LogP contribution in [0.3, 0.4) is 0 Å². The number of phenols is 1. The van der Waals surface area contributed by atoms with E-state index in [4.69, 9.17) is 9.47 Å². The fraction of sp³-hybridized carbons (Fsp3) is 0.448. The summed E-state index contributed by atoms with van der Waals surface area (Å²) in [6.07, 6.45) is 3.82. The standard InChI is InChI=1S/C29H34N2O5S/c1-16-17(2)26-24(18(3)25(16)32)22(29(4,5)36-26)15-31-12-6-7-21(14-31)35-20-10-8-19(9-11-20)13-23-27(33)30-28(34)37-23/h8-11,13,21-22,32H,6-7,12,14-15H2,1-5H3,(H,30,33,34)/b23-13-/t21-,22?/m1/s1. The number of amides is 2. The first-order valence-corrected chi connectivity index (χ1v) is 13.6. The van der Waals surface area contributed by atoms with Crippen LogP contribution in [-0.4, -0.2) is 52.5 Å². The number of ether oxygens (including phenoxy) is 2. The van der Waals surface area contributed by atoms with Crippen LogP contribution in [0.4, 0.5) is 4.79 Å². The van der Waals surface area contributed by atoms with Crippen LogP contribution in [0.15, 0.2) is 29.2 Å². The molecule has 0 spiro atoms. The van der Waals surface area contributed by atoms with Crippen molar-refractivity contribution in [2.45, 2.75) is 65.1 Å². The highest BCUT2D eigenvalue weighted by Crippen LogP contribution is 2.51. The summed E-state index contributed by atoms with van der Waals surface area (Å²) in [6.45, 7) is 12.9. The Morgan fingerprint density at radius 2 is 1.89 bits per heavy atom. The normalized spacial score (nSPS) is 24.2. The maximum atomic E-state index is 11.8. The molecule has 3 aliphatic heterocycles. The molecule has 2 amide bonds. The van der Waals surface area contributed by atoms with Gasteiger partial charge in [0.2, 0.25) is 0 Å². The summed E-state index contributed by atoms with van der Waals surface area (Å²) in [4.78, 5) is 26.0.